The van der Waals surface area contributed by atoms with Crippen molar-refractivity contribution in [1.29, 1.82) is 0 Å². The third-order valence-corrected chi connectivity index (χ3v) is 3.38. The van der Waals surface area contributed by atoms with Gasteiger partial charge in [-0.3, -0.25) is 9.78 Å². The number of amides is 1. The molecule has 3 aromatic rings. The maximum atomic E-state index is 12.8. The topological polar surface area (TPSA) is 33.2 Å². The lowest BCUT2D eigenvalue weighted by Gasteiger charge is -2.22. The van der Waals surface area contributed by atoms with E-state index in [2.05, 4.69) is 4.98 Å². The second-order valence-electron chi connectivity index (χ2n) is 4.91. The number of rotatable bonds is 4. The first-order chi connectivity index (χ1) is 10.8. The van der Waals surface area contributed by atoms with E-state index in [0.717, 1.165) is 11.4 Å². The summed E-state index contributed by atoms with van der Waals surface area (Å²) in [6.07, 6.45) is 1.74. The summed E-state index contributed by atoms with van der Waals surface area (Å²) in [7, 11) is 0. The van der Waals surface area contributed by atoms with E-state index >= 15 is 0 Å². The van der Waals surface area contributed by atoms with Gasteiger partial charge in [-0.2, -0.15) is 0 Å². The van der Waals surface area contributed by atoms with Crippen LogP contribution < -0.4 is 4.90 Å². The van der Waals surface area contributed by atoms with Crippen molar-refractivity contribution in [3.63, 3.8) is 0 Å². The molecule has 3 rings (SSSR count). The van der Waals surface area contributed by atoms with Crippen molar-refractivity contribution < 1.29 is 4.79 Å². The molecule has 0 saturated carbocycles. The van der Waals surface area contributed by atoms with Crippen molar-refractivity contribution in [2.75, 3.05) is 4.90 Å². The van der Waals surface area contributed by atoms with E-state index in [-0.39, 0.29) is 5.91 Å². The van der Waals surface area contributed by atoms with Gasteiger partial charge in [0.05, 0.1) is 12.2 Å². The molecule has 0 atom stereocenters. The molecular formula is C19H16N2O. The number of benzene rings is 2. The molecule has 108 valence electrons. The lowest BCUT2D eigenvalue weighted by molar-refractivity contribution is 0.0985. The van der Waals surface area contributed by atoms with E-state index in [4.69, 9.17) is 0 Å². The Bertz CT molecular complexity index is 727. The van der Waals surface area contributed by atoms with Crippen LogP contribution in [-0.2, 0) is 6.54 Å². The third-order valence-electron chi connectivity index (χ3n) is 3.38. The Morgan fingerprint density at radius 3 is 2.09 bits per heavy atom. The molecule has 0 aliphatic carbocycles. The highest BCUT2D eigenvalue weighted by atomic mass is 16.2. The van der Waals surface area contributed by atoms with E-state index in [9.17, 15) is 4.79 Å². The molecule has 2 aromatic carbocycles. The molecule has 1 amide bonds. The van der Waals surface area contributed by atoms with Gasteiger partial charge in [0.15, 0.2) is 0 Å². The summed E-state index contributed by atoms with van der Waals surface area (Å²) < 4.78 is 0. The van der Waals surface area contributed by atoms with Crippen LogP contribution in [0.4, 0.5) is 5.69 Å². The van der Waals surface area contributed by atoms with Crippen LogP contribution in [0.25, 0.3) is 0 Å². The predicted molar refractivity (Wildman–Crippen MR) is 87.6 cm³/mol. The molecular weight excluding hydrogens is 272 g/mol. The van der Waals surface area contributed by atoms with Gasteiger partial charge in [-0.1, -0.05) is 42.5 Å². The normalized spacial score (nSPS) is 10.2. The second kappa shape index (κ2) is 6.68. The lowest BCUT2D eigenvalue weighted by atomic mass is 10.1. The van der Waals surface area contributed by atoms with Gasteiger partial charge >= 0.3 is 0 Å². The van der Waals surface area contributed by atoms with Crippen molar-refractivity contribution in [3.8, 4) is 0 Å². The minimum atomic E-state index is -0.0301. The zero-order valence-electron chi connectivity index (χ0n) is 12.1. The molecule has 0 N–H and O–H groups in total. The Labute approximate surface area is 129 Å². The van der Waals surface area contributed by atoms with Crippen molar-refractivity contribution in [1.82, 2.24) is 4.98 Å². The van der Waals surface area contributed by atoms with Crippen LogP contribution in [0.1, 0.15) is 16.1 Å². The summed E-state index contributed by atoms with van der Waals surface area (Å²) in [5, 5.41) is 0. The number of carbonyl (C=O) groups excluding carboxylic acids is 1. The van der Waals surface area contributed by atoms with E-state index in [1.54, 1.807) is 11.1 Å². The largest absolute Gasteiger partial charge is 0.302 e. The number of hydrogen-bond donors (Lipinski definition) is 0. The van der Waals surface area contributed by atoms with Crippen LogP contribution in [0.2, 0.25) is 0 Å². The molecule has 3 heteroatoms. The van der Waals surface area contributed by atoms with E-state index in [0.29, 0.717) is 12.1 Å². The summed E-state index contributed by atoms with van der Waals surface area (Å²) in [6, 6.07) is 24.7. The highest BCUT2D eigenvalue weighted by molar-refractivity contribution is 6.05. The number of pyridine rings is 1. The Kier molecular flexibility index (Phi) is 4.25. The van der Waals surface area contributed by atoms with Crippen LogP contribution in [-0.4, -0.2) is 10.9 Å². The number of carbonyl (C=O) groups is 1. The van der Waals surface area contributed by atoms with E-state index in [1.807, 2.05) is 78.9 Å². The molecule has 0 fully saturated rings. The number of nitrogens with zero attached hydrogens (tertiary/aromatic N) is 2. The van der Waals surface area contributed by atoms with Crippen LogP contribution in [0.5, 0.6) is 0 Å². The Morgan fingerprint density at radius 2 is 1.45 bits per heavy atom. The van der Waals surface area contributed by atoms with Crippen molar-refractivity contribution in [3.05, 3.63) is 96.3 Å². The maximum Gasteiger partial charge on any atom is 0.258 e. The quantitative estimate of drug-likeness (QED) is 0.729. The fourth-order valence-electron chi connectivity index (χ4n) is 2.28. The van der Waals surface area contributed by atoms with Gasteiger partial charge < -0.3 is 4.90 Å². The number of para-hydroxylation sites is 1. The summed E-state index contributed by atoms with van der Waals surface area (Å²) >= 11 is 0. The molecule has 0 aliphatic heterocycles. The SMILES string of the molecule is O=C(c1ccccc1)N(Cc1ccccn1)c1ccccc1. The average Bonchev–Trinajstić information content (AvgIpc) is 2.61. The fourth-order valence-corrected chi connectivity index (χ4v) is 2.28. The molecule has 0 spiro atoms. The van der Waals surface area contributed by atoms with Gasteiger partial charge in [0, 0.05) is 17.4 Å². The van der Waals surface area contributed by atoms with Gasteiger partial charge in [-0.15, -0.1) is 0 Å². The molecule has 0 unspecified atom stereocenters. The summed E-state index contributed by atoms with van der Waals surface area (Å²) in [5.74, 6) is -0.0301. The first kappa shape index (κ1) is 14.0. The van der Waals surface area contributed by atoms with Crippen molar-refractivity contribution >= 4 is 11.6 Å². The molecule has 0 radical (unpaired) electrons. The first-order valence-electron chi connectivity index (χ1n) is 7.16. The van der Waals surface area contributed by atoms with Gasteiger partial charge in [-0.05, 0) is 36.4 Å². The van der Waals surface area contributed by atoms with Gasteiger partial charge in [0.2, 0.25) is 0 Å². The highest BCUT2D eigenvalue weighted by Gasteiger charge is 2.18. The summed E-state index contributed by atoms with van der Waals surface area (Å²) in [6.45, 7) is 0.443. The van der Waals surface area contributed by atoms with Crippen molar-refractivity contribution in [2.24, 2.45) is 0 Å². The summed E-state index contributed by atoms with van der Waals surface area (Å²) in [4.78, 5) is 18.9. The molecule has 0 aliphatic rings. The Morgan fingerprint density at radius 1 is 0.818 bits per heavy atom. The molecule has 22 heavy (non-hydrogen) atoms. The smallest absolute Gasteiger partial charge is 0.258 e. The van der Waals surface area contributed by atoms with Crippen LogP contribution >= 0.6 is 0 Å². The Hall–Kier alpha value is -2.94. The Balaban J connectivity index is 1.95. The third kappa shape index (κ3) is 3.20. The molecule has 1 heterocycles. The zero-order chi connectivity index (χ0) is 15.2. The van der Waals surface area contributed by atoms with E-state index in [1.165, 1.54) is 0 Å². The average molecular weight is 288 g/mol. The van der Waals surface area contributed by atoms with Gasteiger partial charge in [-0.25, -0.2) is 0 Å². The summed E-state index contributed by atoms with van der Waals surface area (Å²) in [5.41, 5.74) is 2.39. The number of anilines is 1. The number of hydrogen-bond acceptors (Lipinski definition) is 2. The minimum Gasteiger partial charge on any atom is -0.302 e. The van der Waals surface area contributed by atoms with Crippen molar-refractivity contribution in [2.45, 2.75) is 6.54 Å². The minimum absolute atomic E-state index is 0.0301. The van der Waals surface area contributed by atoms with Crippen LogP contribution in [0.3, 0.4) is 0 Å². The first-order valence-corrected chi connectivity index (χ1v) is 7.16. The van der Waals surface area contributed by atoms with Crippen LogP contribution in [0, 0.1) is 0 Å². The fraction of sp³-hybridized carbons (Fsp3) is 0.0526. The highest BCUT2D eigenvalue weighted by Crippen LogP contribution is 2.19. The zero-order valence-corrected chi connectivity index (χ0v) is 12.1. The molecule has 1 aromatic heterocycles. The predicted octanol–water partition coefficient (Wildman–Crippen LogP) is 3.93. The van der Waals surface area contributed by atoms with Gasteiger partial charge in [0.1, 0.15) is 0 Å². The molecule has 3 nitrogen and oxygen atoms in total. The monoisotopic (exact) mass is 288 g/mol. The number of aromatic nitrogens is 1. The van der Waals surface area contributed by atoms with E-state index < -0.39 is 0 Å². The van der Waals surface area contributed by atoms with Gasteiger partial charge in [0.25, 0.3) is 5.91 Å². The lowest BCUT2D eigenvalue weighted by Crippen LogP contribution is -2.30. The second-order valence-corrected chi connectivity index (χ2v) is 4.91. The maximum absolute atomic E-state index is 12.8. The molecule has 0 saturated heterocycles. The standard InChI is InChI=1S/C19H16N2O/c22-19(16-9-3-1-4-10-16)21(18-12-5-2-6-13-18)15-17-11-7-8-14-20-17/h1-14H,15H2. The van der Waals surface area contributed by atoms with Crippen LogP contribution in [0.15, 0.2) is 85.1 Å². The molecule has 0 bridgehead atoms.